The topological polar surface area (TPSA) is 127 Å². The van der Waals surface area contributed by atoms with Gasteiger partial charge in [0.15, 0.2) is 12.4 Å². The third kappa shape index (κ3) is 2.68. The highest BCUT2D eigenvalue weighted by Crippen LogP contribution is 1.99. The molecule has 1 unspecified atom stereocenters. The number of nitroso groups, excluding NO2 is 1. The maximum atomic E-state index is 10.1. The zero-order chi connectivity index (χ0) is 9.02. The minimum Gasteiger partial charge on any atom is -0.385 e. The Labute approximate surface area is 60.9 Å². The number of amides is 1. The van der Waals surface area contributed by atoms with Crippen LogP contribution < -0.4 is 0 Å². The van der Waals surface area contributed by atoms with Gasteiger partial charge in [0.2, 0.25) is 0 Å². The molecule has 0 saturated carbocycles. The fourth-order valence-corrected chi connectivity index (χ4v) is 0.363. The van der Waals surface area contributed by atoms with Crippen molar-refractivity contribution in [2.45, 2.75) is 18.5 Å². The van der Waals surface area contributed by atoms with E-state index in [9.17, 15) is 9.70 Å². The van der Waals surface area contributed by atoms with E-state index in [0.29, 0.717) is 0 Å². The van der Waals surface area contributed by atoms with E-state index in [1.807, 2.05) is 0 Å². The van der Waals surface area contributed by atoms with Gasteiger partial charge in [-0.1, -0.05) is 0 Å². The highest BCUT2D eigenvalue weighted by Gasteiger charge is 2.29. The fraction of sp³-hybridized carbons (Fsp3) is 0.750. The Hall–Kier alpha value is -0.890. The van der Waals surface area contributed by atoms with Crippen LogP contribution >= 0.6 is 0 Å². The lowest BCUT2D eigenvalue weighted by molar-refractivity contribution is -0.167. The van der Waals surface area contributed by atoms with E-state index in [2.05, 4.69) is 0 Å². The molecular weight excluding hydrogens is 158 g/mol. The number of carbonyl (C=O) groups is 1. The summed E-state index contributed by atoms with van der Waals surface area (Å²) in [5.74, 6) is -1.55. The fourth-order valence-electron chi connectivity index (χ4n) is 0.363. The van der Waals surface area contributed by atoms with Gasteiger partial charge in [-0.3, -0.25) is 4.79 Å². The quantitative estimate of drug-likeness (QED) is 0.266. The summed E-state index contributed by atoms with van der Waals surface area (Å²) >= 11 is 0. The lowest BCUT2D eigenvalue weighted by atomic mass is 10.2. The van der Waals surface area contributed by atoms with E-state index in [1.165, 1.54) is 0 Å². The molecule has 0 aromatic heterocycles. The molecule has 0 aromatic rings. The molecule has 11 heavy (non-hydrogen) atoms. The van der Waals surface area contributed by atoms with E-state index in [1.54, 1.807) is 5.18 Å². The van der Waals surface area contributed by atoms with Crippen molar-refractivity contribution in [3.8, 4) is 0 Å². The van der Waals surface area contributed by atoms with Crippen LogP contribution in [0.3, 0.4) is 0 Å². The van der Waals surface area contributed by atoms with E-state index in [0.717, 1.165) is 0 Å². The van der Waals surface area contributed by atoms with Crippen molar-refractivity contribution in [1.82, 2.24) is 0 Å². The summed E-state index contributed by atoms with van der Waals surface area (Å²) in [5.41, 5.74) is 0. The second-order valence-electron chi connectivity index (χ2n) is 1.78. The average molecular weight is 165 g/mol. The van der Waals surface area contributed by atoms with Gasteiger partial charge in [0.05, 0.1) is 0 Å². The van der Waals surface area contributed by atoms with E-state index in [4.69, 9.17) is 20.4 Å². The highest BCUT2D eigenvalue weighted by atomic mass is 16.5. The molecule has 7 nitrogen and oxygen atoms in total. The molecule has 1 amide bonds. The monoisotopic (exact) mass is 165 g/mol. The Kier molecular flexibility index (Phi) is 3.76. The predicted octanol–water partition coefficient (Wildman–Crippen LogP) is -2.69. The minimum atomic E-state index is -2.28. The zero-order valence-electron chi connectivity index (χ0n) is 5.28. The zero-order valence-corrected chi connectivity index (χ0v) is 5.28. The van der Waals surface area contributed by atoms with Crippen molar-refractivity contribution in [3.05, 3.63) is 4.91 Å². The summed E-state index contributed by atoms with van der Waals surface area (Å²) in [6, 6.07) is 0. The molecule has 7 heteroatoms. The molecule has 2 atom stereocenters. The molecule has 0 aromatic carbocycles. The van der Waals surface area contributed by atoms with E-state index in [-0.39, 0.29) is 0 Å². The minimum absolute atomic E-state index is 1.55. The number of nitrogens with zero attached hydrogens (tertiary/aromatic N) is 1. The molecular formula is C4H7NO6. The molecule has 0 aliphatic rings. The van der Waals surface area contributed by atoms with E-state index >= 15 is 0 Å². The molecule has 0 aliphatic carbocycles. The maximum Gasteiger partial charge on any atom is 0.317 e. The van der Waals surface area contributed by atoms with Crippen LogP contribution in [0.25, 0.3) is 0 Å². The number of hydrogen-bond donors (Lipinski definition) is 4. The van der Waals surface area contributed by atoms with Gasteiger partial charge in [0.25, 0.3) is 0 Å². The molecule has 4 N–H and O–H groups in total. The number of carbonyl (C=O) groups excluding carboxylic acids is 1. The molecule has 0 spiro atoms. The van der Waals surface area contributed by atoms with Gasteiger partial charge in [-0.15, -0.1) is 4.91 Å². The van der Waals surface area contributed by atoms with Crippen LogP contribution in [-0.4, -0.2) is 44.8 Å². The van der Waals surface area contributed by atoms with Crippen LogP contribution in [-0.2, 0) is 4.79 Å². The lowest BCUT2D eigenvalue weighted by Gasteiger charge is -2.14. The second kappa shape index (κ2) is 4.09. The molecule has 0 aliphatic heterocycles. The molecule has 0 fully saturated rings. The Bertz CT molecular complexity index is 157. The maximum absolute atomic E-state index is 10.1. The van der Waals surface area contributed by atoms with Gasteiger partial charge in [-0.05, 0) is 0 Å². The first-order chi connectivity index (χ1) is 5.00. The number of aliphatic hydroxyl groups is 4. The van der Waals surface area contributed by atoms with E-state index < -0.39 is 24.4 Å². The van der Waals surface area contributed by atoms with Crippen molar-refractivity contribution >= 4 is 5.91 Å². The summed E-state index contributed by atoms with van der Waals surface area (Å²) in [6.07, 6.45) is -6.58. The highest BCUT2D eigenvalue weighted by molar-refractivity contribution is 5.81. The first-order valence-corrected chi connectivity index (χ1v) is 2.60. The van der Waals surface area contributed by atoms with Crippen LogP contribution in [0.15, 0.2) is 5.18 Å². The molecule has 0 rings (SSSR count). The van der Waals surface area contributed by atoms with Crippen LogP contribution in [0.2, 0.25) is 0 Å². The molecule has 0 radical (unpaired) electrons. The summed E-state index contributed by atoms with van der Waals surface area (Å²) in [5, 5.41) is 35.2. The second-order valence-corrected chi connectivity index (χ2v) is 1.78. The Morgan fingerprint density at radius 1 is 1.18 bits per heavy atom. The van der Waals surface area contributed by atoms with Gasteiger partial charge < -0.3 is 20.4 Å². The van der Waals surface area contributed by atoms with Crippen molar-refractivity contribution in [3.63, 3.8) is 0 Å². The predicted molar refractivity (Wildman–Crippen MR) is 31.0 cm³/mol. The largest absolute Gasteiger partial charge is 0.385 e. The average Bonchev–Trinajstić information content (AvgIpc) is 2.00. The summed E-state index contributed by atoms with van der Waals surface area (Å²) < 4.78 is 0. The van der Waals surface area contributed by atoms with Gasteiger partial charge in [-0.25, -0.2) is 0 Å². The van der Waals surface area contributed by atoms with Gasteiger partial charge >= 0.3 is 5.91 Å². The molecule has 0 heterocycles. The Balaban J connectivity index is 4.11. The lowest BCUT2D eigenvalue weighted by Crippen LogP contribution is -2.41. The van der Waals surface area contributed by atoms with Crippen LogP contribution in [0.5, 0.6) is 0 Å². The molecule has 0 bridgehead atoms. The SMILES string of the molecule is O=NC(=O)C(O)[C@@H](O)C(O)O. The molecule has 0 saturated heterocycles. The van der Waals surface area contributed by atoms with Crippen LogP contribution in [0.1, 0.15) is 0 Å². The van der Waals surface area contributed by atoms with Crippen molar-refractivity contribution in [2.24, 2.45) is 5.18 Å². The summed E-state index contributed by atoms with van der Waals surface area (Å²) in [4.78, 5) is 19.6. The Morgan fingerprint density at radius 2 is 1.64 bits per heavy atom. The van der Waals surface area contributed by atoms with Gasteiger partial charge in [-0.2, -0.15) is 0 Å². The number of rotatable bonds is 3. The Morgan fingerprint density at radius 3 is 1.91 bits per heavy atom. The summed E-state index contributed by atoms with van der Waals surface area (Å²) in [7, 11) is 0. The van der Waals surface area contributed by atoms with Gasteiger partial charge in [0.1, 0.15) is 6.10 Å². The summed E-state index contributed by atoms with van der Waals surface area (Å²) in [6.45, 7) is 0. The normalized spacial score (nSPS) is 16.1. The van der Waals surface area contributed by atoms with Gasteiger partial charge in [0, 0.05) is 5.18 Å². The number of hydrogen-bond acceptors (Lipinski definition) is 6. The third-order valence-corrected chi connectivity index (χ3v) is 0.972. The first kappa shape index (κ1) is 10.1. The third-order valence-electron chi connectivity index (χ3n) is 0.972. The van der Waals surface area contributed by atoms with Crippen LogP contribution in [0.4, 0.5) is 0 Å². The van der Waals surface area contributed by atoms with Crippen molar-refractivity contribution in [2.75, 3.05) is 0 Å². The standard InChI is InChI=1S/C4H7NO6/c6-1(3(8)5-11)2(7)4(9)10/h1-2,4,6-7,9-10H/t1?,2-/m1/s1. The first-order valence-electron chi connectivity index (χ1n) is 2.60. The van der Waals surface area contributed by atoms with Crippen molar-refractivity contribution < 1.29 is 25.2 Å². The smallest absolute Gasteiger partial charge is 0.317 e. The van der Waals surface area contributed by atoms with Crippen molar-refractivity contribution in [1.29, 1.82) is 0 Å². The van der Waals surface area contributed by atoms with Crippen LogP contribution in [0, 0.1) is 4.91 Å². The number of aliphatic hydroxyl groups excluding tert-OH is 3. The molecule has 64 valence electrons.